The molecule has 0 aliphatic heterocycles. The first-order valence-electron chi connectivity index (χ1n) is 7.14. The summed E-state index contributed by atoms with van der Waals surface area (Å²) in [5.41, 5.74) is 1.50. The van der Waals surface area contributed by atoms with E-state index in [9.17, 15) is 5.11 Å². The minimum atomic E-state index is -0.499. The highest BCUT2D eigenvalue weighted by molar-refractivity contribution is 5.32. The standard InChI is InChI=1S/C16H22N2O/c1-2-15(9-12-3-4-12)18-11-16(19)14-7-5-13(10-17)6-8-14/h5-8,12,15-16,18-19H,2-4,9,11H2,1H3. The summed E-state index contributed by atoms with van der Waals surface area (Å²) in [6.45, 7) is 2.77. The molecular weight excluding hydrogens is 236 g/mol. The van der Waals surface area contributed by atoms with Crippen LogP contribution in [0.15, 0.2) is 24.3 Å². The van der Waals surface area contributed by atoms with Crippen molar-refractivity contribution in [3.8, 4) is 6.07 Å². The highest BCUT2D eigenvalue weighted by Crippen LogP contribution is 2.34. The molecule has 1 saturated carbocycles. The van der Waals surface area contributed by atoms with Crippen LogP contribution in [0.5, 0.6) is 0 Å². The molecule has 3 nitrogen and oxygen atoms in total. The molecule has 2 atom stereocenters. The van der Waals surface area contributed by atoms with Crippen molar-refractivity contribution < 1.29 is 5.11 Å². The second kappa shape index (κ2) is 6.70. The summed E-state index contributed by atoms with van der Waals surface area (Å²) < 4.78 is 0. The van der Waals surface area contributed by atoms with Gasteiger partial charge in [0.25, 0.3) is 0 Å². The molecule has 102 valence electrons. The Morgan fingerprint density at radius 3 is 2.58 bits per heavy atom. The molecule has 1 aliphatic rings. The lowest BCUT2D eigenvalue weighted by atomic mass is 10.0. The van der Waals surface area contributed by atoms with Crippen LogP contribution in [0.3, 0.4) is 0 Å². The number of hydrogen-bond donors (Lipinski definition) is 2. The first-order chi connectivity index (χ1) is 9.22. The van der Waals surface area contributed by atoms with E-state index in [1.165, 1.54) is 19.3 Å². The zero-order valence-corrected chi connectivity index (χ0v) is 11.5. The van der Waals surface area contributed by atoms with Crippen LogP contribution in [0.1, 0.15) is 49.8 Å². The van der Waals surface area contributed by atoms with Gasteiger partial charge >= 0.3 is 0 Å². The van der Waals surface area contributed by atoms with E-state index in [4.69, 9.17) is 5.26 Å². The van der Waals surface area contributed by atoms with Crippen molar-refractivity contribution >= 4 is 0 Å². The number of nitrogens with zero attached hydrogens (tertiary/aromatic N) is 1. The highest BCUT2D eigenvalue weighted by Gasteiger charge is 2.24. The number of hydrogen-bond acceptors (Lipinski definition) is 3. The number of aliphatic hydroxyl groups excluding tert-OH is 1. The van der Waals surface area contributed by atoms with E-state index in [2.05, 4.69) is 18.3 Å². The minimum Gasteiger partial charge on any atom is -0.387 e. The van der Waals surface area contributed by atoms with Crippen LogP contribution in [-0.2, 0) is 0 Å². The summed E-state index contributed by atoms with van der Waals surface area (Å²) >= 11 is 0. The van der Waals surface area contributed by atoms with Crippen LogP contribution >= 0.6 is 0 Å². The number of rotatable bonds is 7. The van der Waals surface area contributed by atoms with Gasteiger partial charge < -0.3 is 10.4 Å². The molecular formula is C16H22N2O. The molecule has 0 heterocycles. The number of aliphatic hydroxyl groups is 1. The SMILES string of the molecule is CCC(CC1CC1)NCC(O)c1ccc(C#N)cc1. The van der Waals surface area contributed by atoms with Gasteiger partial charge in [-0.25, -0.2) is 0 Å². The maximum Gasteiger partial charge on any atom is 0.0991 e. The molecule has 1 aromatic rings. The molecule has 0 spiro atoms. The second-order valence-electron chi connectivity index (χ2n) is 5.44. The number of nitriles is 1. The molecule has 3 heteroatoms. The number of benzene rings is 1. The van der Waals surface area contributed by atoms with E-state index in [-0.39, 0.29) is 0 Å². The van der Waals surface area contributed by atoms with Crippen LogP contribution in [0.4, 0.5) is 0 Å². The molecule has 0 bridgehead atoms. The fraction of sp³-hybridized carbons (Fsp3) is 0.562. The van der Waals surface area contributed by atoms with Gasteiger partial charge in [0.15, 0.2) is 0 Å². The Balaban J connectivity index is 1.81. The third-order valence-corrected chi connectivity index (χ3v) is 3.83. The average Bonchev–Trinajstić information content (AvgIpc) is 3.27. The van der Waals surface area contributed by atoms with Crippen LogP contribution in [-0.4, -0.2) is 17.7 Å². The van der Waals surface area contributed by atoms with Crippen molar-refractivity contribution in [2.24, 2.45) is 5.92 Å². The summed E-state index contributed by atoms with van der Waals surface area (Å²) in [6.07, 6.45) is 4.58. The van der Waals surface area contributed by atoms with E-state index < -0.39 is 6.10 Å². The Labute approximate surface area is 115 Å². The summed E-state index contributed by atoms with van der Waals surface area (Å²) in [5.74, 6) is 0.907. The molecule has 0 amide bonds. The summed E-state index contributed by atoms with van der Waals surface area (Å²) in [4.78, 5) is 0. The third-order valence-electron chi connectivity index (χ3n) is 3.83. The first-order valence-corrected chi connectivity index (χ1v) is 7.14. The topological polar surface area (TPSA) is 56.0 Å². The summed E-state index contributed by atoms with van der Waals surface area (Å²) in [7, 11) is 0. The van der Waals surface area contributed by atoms with Crippen molar-refractivity contribution in [2.75, 3.05) is 6.54 Å². The largest absolute Gasteiger partial charge is 0.387 e. The van der Waals surface area contributed by atoms with E-state index in [0.717, 1.165) is 17.9 Å². The Morgan fingerprint density at radius 1 is 1.37 bits per heavy atom. The smallest absolute Gasteiger partial charge is 0.0991 e. The lowest BCUT2D eigenvalue weighted by molar-refractivity contribution is 0.168. The molecule has 0 radical (unpaired) electrons. The third kappa shape index (κ3) is 4.34. The normalized spacial score (nSPS) is 17.7. The van der Waals surface area contributed by atoms with Gasteiger partial charge in [0.2, 0.25) is 0 Å². The summed E-state index contributed by atoms with van der Waals surface area (Å²) in [6, 6.07) is 9.75. The molecule has 2 unspecified atom stereocenters. The lowest BCUT2D eigenvalue weighted by Gasteiger charge is -2.19. The molecule has 2 N–H and O–H groups in total. The van der Waals surface area contributed by atoms with E-state index in [1.54, 1.807) is 12.1 Å². The fourth-order valence-electron chi connectivity index (χ4n) is 2.33. The Morgan fingerprint density at radius 2 is 2.05 bits per heavy atom. The predicted octanol–water partition coefficient (Wildman–Crippen LogP) is 2.76. The van der Waals surface area contributed by atoms with E-state index >= 15 is 0 Å². The van der Waals surface area contributed by atoms with Gasteiger partial charge in [-0.15, -0.1) is 0 Å². The molecule has 0 aromatic heterocycles. The summed E-state index contributed by atoms with van der Waals surface area (Å²) in [5, 5.41) is 22.3. The molecule has 2 rings (SSSR count). The van der Waals surface area contributed by atoms with Crippen molar-refractivity contribution in [2.45, 2.75) is 44.8 Å². The van der Waals surface area contributed by atoms with Gasteiger partial charge in [-0.3, -0.25) is 0 Å². The van der Waals surface area contributed by atoms with E-state index in [1.807, 2.05) is 12.1 Å². The van der Waals surface area contributed by atoms with Gasteiger partial charge in [0, 0.05) is 12.6 Å². The average molecular weight is 258 g/mol. The second-order valence-corrected chi connectivity index (χ2v) is 5.44. The zero-order chi connectivity index (χ0) is 13.7. The van der Waals surface area contributed by atoms with Gasteiger partial charge in [-0.1, -0.05) is 31.9 Å². The minimum absolute atomic E-state index is 0.499. The van der Waals surface area contributed by atoms with Crippen molar-refractivity contribution in [3.63, 3.8) is 0 Å². The molecule has 1 aliphatic carbocycles. The van der Waals surface area contributed by atoms with Crippen molar-refractivity contribution in [1.29, 1.82) is 5.26 Å². The molecule has 1 aromatic carbocycles. The first kappa shape index (κ1) is 14.0. The van der Waals surface area contributed by atoms with E-state index in [0.29, 0.717) is 18.2 Å². The van der Waals surface area contributed by atoms with Gasteiger partial charge in [0.05, 0.1) is 17.7 Å². The maximum absolute atomic E-state index is 10.1. The van der Waals surface area contributed by atoms with Crippen LogP contribution < -0.4 is 5.32 Å². The molecule has 1 fully saturated rings. The maximum atomic E-state index is 10.1. The fourth-order valence-corrected chi connectivity index (χ4v) is 2.33. The number of nitrogens with one attached hydrogen (secondary N) is 1. The van der Waals surface area contributed by atoms with Crippen molar-refractivity contribution in [1.82, 2.24) is 5.32 Å². The van der Waals surface area contributed by atoms with Crippen LogP contribution in [0, 0.1) is 17.2 Å². The Kier molecular flexibility index (Phi) is 4.95. The highest BCUT2D eigenvalue weighted by atomic mass is 16.3. The van der Waals surface area contributed by atoms with Crippen molar-refractivity contribution in [3.05, 3.63) is 35.4 Å². The Bertz CT molecular complexity index is 431. The zero-order valence-electron chi connectivity index (χ0n) is 11.5. The molecule has 19 heavy (non-hydrogen) atoms. The monoisotopic (exact) mass is 258 g/mol. The van der Waals surface area contributed by atoms with Crippen LogP contribution in [0.2, 0.25) is 0 Å². The molecule has 0 saturated heterocycles. The lowest BCUT2D eigenvalue weighted by Crippen LogP contribution is -2.32. The van der Waals surface area contributed by atoms with Crippen LogP contribution in [0.25, 0.3) is 0 Å². The quantitative estimate of drug-likeness (QED) is 0.790. The van der Waals surface area contributed by atoms with Gasteiger partial charge in [-0.2, -0.15) is 5.26 Å². The Hall–Kier alpha value is -1.37. The van der Waals surface area contributed by atoms with Gasteiger partial charge in [-0.05, 0) is 36.5 Å². The van der Waals surface area contributed by atoms with Gasteiger partial charge in [0.1, 0.15) is 0 Å². The predicted molar refractivity (Wildman–Crippen MR) is 75.5 cm³/mol.